The molecule has 1 saturated heterocycles. The first-order valence-electron chi connectivity index (χ1n) is 7.50. The zero-order chi connectivity index (χ0) is 16.8. The smallest absolute Gasteiger partial charge is 0.410 e. The van der Waals surface area contributed by atoms with E-state index in [4.69, 9.17) is 4.74 Å². The number of hydrogen-bond donors (Lipinski definition) is 2. The highest BCUT2D eigenvalue weighted by atomic mass is 19.1. The van der Waals surface area contributed by atoms with Crippen LogP contribution >= 0.6 is 0 Å². The molecule has 126 valence electrons. The number of nitrogens with one attached hydrogen (secondary N) is 2. The normalized spacial score (nSPS) is 15.3. The molecule has 2 N–H and O–H groups in total. The second-order valence-corrected chi connectivity index (χ2v) is 5.26. The number of halogens is 2. The van der Waals surface area contributed by atoms with Crippen molar-refractivity contribution in [2.75, 3.05) is 44.6 Å². The van der Waals surface area contributed by atoms with Gasteiger partial charge in [-0.25, -0.2) is 13.6 Å². The van der Waals surface area contributed by atoms with E-state index in [0.29, 0.717) is 32.8 Å². The van der Waals surface area contributed by atoms with E-state index in [1.165, 1.54) is 6.07 Å². The molecular formula is C15H20F2N3O3+. The third-order valence-electron chi connectivity index (χ3n) is 3.63. The van der Waals surface area contributed by atoms with E-state index in [1.807, 2.05) is 0 Å². The van der Waals surface area contributed by atoms with Gasteiger partial charge in [-0.1, -0.05) is 6.07 Å². The number of anilines is 1. The van der Waals surface area contributed by atoms with Crippen LogP contribution in [0.15, 0.2) is 18.2 Å². The number of rotatable bonds is 4. The van der Waals surface area contributed by atoms with E-state index in [-0.39, 0.29) is 12.6 Å². The maximum atomic E-state index is 13.5. The Bertz CT molecular complexity index is 555. The number of quaternary nitrogens is 1. The highest BCUT2D eigenvalue weighted by molar-refractivity contribution is 5.91. The molecule has 1 aliphatic rings. The highest BCUT2D eigenvalue weighted by Gasteiger charge is 2.26. The molecule has 23 heavy (non-hydrogen) atoms. The highest BCUT2D eigenvalue weighted by Crippen LogP contribution is 2.17. The van der Waals surface area contributed by atoms with Gasteiger partial charge in [-0.15, -0.1) is 0 Å². The van der Waals surface area contributed by atoms with E-state index in [9.17, 15) is 18.4 Å². The summed E-state index contributed by atoms with van der Waals surface area (Å²) in [4.78, 5) is 26.0. The summed E-state index contributed by atoms with van der Waals surface area (Å²) in [6, 6.07) is 3.41. The number of carbonyl (C=O) groups excluding carboxylic acids is 2. The summed E-state index contributed by atoms with van der Waals surface area (Å²) >= 11 is 0. The SMILES string of the molecule is CCOC(=O)N1CC[NH+](CC(=O)Nc2c(F)cccc2F)CC1. The Kier molecular flexibility index (Phi) is 5.86. The van der Waals surface area contributed by atoms with Crippen molar-refractivity contribution in [3.8, 4) is 0 Å². The molecule has 0 bridgehead atoms. The Morgan fingerprint density at radius 3 is 2.43 bits per heavy atom. The molecular weight excluding hydrogens is 308 g/mol. The van der Waals surface area contributed by atoms with Crippen molar-refractivity contribution in [1.29, 1.82) is 0 Å². The molecule has 1 aromatic rings. The topological polar surface area (TPSA) is 63.1 Å². The minimum atomic E-state index is -0.805. The lowest BCUT2D eigenvalue weighted by molar-refractivity contribution is -0.895. The van der Waals surface area contributed by atoms with Gasteiger partial charge in [0.1, 0.15) is 17.3 Å². The fraction of sp³-hybridized carbons (Fsp3) is 0.467. The minimum absolute atomic E-state index is 0.0877. The zero-order valence-electron chi connectivity index (χ0n) is 12.9. The maximum Gasteiger partial charge on any atom is 0.410 e. The molecule has 0 atom stereocenters. The quantitative estimate of drug-likeness (QED) is 0.833. The number of para-hydroxylation sites is 1. The molecule has 0 unspecified atom stereocenters. The molecule has 8 heteroatoms. The van der Waals surface area contributed by atoms with Crippen LogP contribution in [0.3, 0.4) is 0 Å². The van der Waals surface area contributed by atoms with Gasteiger partial charge in [0.25, 0.3) is 5.91 Å². The van der Waals surface area contributed by atoms with Crippen LogP contribution in [-0.2, 0) is 9.53 Å². The summed E-state index contributed by atoms with van der Waals surface area (Å²) in [6.45, 7) is 4.27. The van der Waals surface area contributed by atoms with Crippen LogP contribution in [0, 0.1) is 11.6 Å². The van der Waals surface area contributed by atoms with Gasteiger partial charge in [0.05, 0.1) is 32.8 Å². The second kappa shape index (κ2) is 7.87. The second-order valence-electron chi connectivity index (χ2n) is 5.26. The van der Waals surface area contributed by atoms with Crippen molar-refractivity contribution in [3.63, 3.8) is 0 Å². The third-order valence-corrected chi connectivity index (χ3v) is 3.63. The average Bonchev–Trinajstić information content (AvgIpc) is 2.52. The number of nitrogens with zero attached hydrogens (tertiary/aromatic N) is 1. The molecule has 1 aromatic carbocycles. The summed E-state index contributed by atoms with van der Waals surface area (Å²) in [7, 11) is 0. The average molecular weight is 328 g/mol. The summed E-state index contributed by atoms with van der Waals surface area (Å²) in [5, 5.41) is 2.27. The molecule has 6 nitrogen and oxygen atoms in total. The fourth-order valence-electron chi connectivity index (χ4n) is 2.42. The van der Waals surface area contributed by atoms with Crippen LogP contribution in [0.4, 0.5) is 19.3 Å². The number of ether oxygens (including phenoxy) is 1. The van der Waals surface area contributed by atoms with Crippen molar-refractivity contribution in [1.82, 2.24) is 4.90 Å². The number of amides is 2. The predicted octanol–water partition coefficient (Wildman–Crippen LogP) is 0.260. The molecule has 2 amide bonds. The van der Waals surface area contributed by atoms with Crippen LogP contribution in [0.1, 0.15) is 6.92 Å². The van der Waals surface area contributed by atoms with Gasteiger partial charge in [0.15, 0.2) is 6.54 Å². The Morgan fingerprint density at radius 1 is 1.26 bits per heavy atom. The van der Waals surface area contributed by atoms with E-state index in [2.05, 4.69) is 5.32 Å². The van der Waals surface area contributed by atoms with Crippen molar-refractivity contribution < 1.29 is 28.0 Å². The summed E-state index contributed by atoms with van der Waals surface area (Å²) in [5.74, 6) is -2.07. The Morgan fingerprint density at radius 2 is 1.87 bits per heavy atom. The monoisotopic (exact) mass is 328 g/mol. The number of piperazine rings is 1. The standard InChI is InChI=1S/C15H19F2N3O3/c1-2-23-15(22)20-8-6-19(7-9-20)10-13(21)18-14-11(16)4-3-5-12(14)17/h3-5H,2,6-10H2,1H3,(H,18,21)/p+1. The predicted molar refractivity (Wildman–Crippen MR) is 79.1 cm³/mol. The van der Waals surface area contributed by atoms with Gasteiger partial charge in [-0.3, -0.25) is 9.69 Å². The third kappa shape index (κ3) is 4.62. The molecule has 0 aliphatic carbocycles. The van der Waals surface area contributed by atoms with Crippen LogP contribution in [0.25, 0.3) is 0 Å². The molecule has 0 saturated carbocycles. The molecule has 0 aromatic heterocycles. The first kappa shape index (κ1) is 17.1. The minimum Gasteiger partial charge on any atom is -0.450 e. The van der Waals surface area contributed by atoms with Gasteiger partial charge in [-0.2, -0.15) is 0 Å². The number of benzene rings is 1. The van der Waals surface area contributed by atoms with Crippen molar-refractivity contribution >= 4 is 17.7 Å². The van der Waals surface area contributed by atoms with Gasteiger partial charge in [-0.05, 0) is 19.1 Å². The zero-order valence-corrected chi connectivity index (χ0v) is 12.9. The van der Waals surface area contributed by atoms with Crippen LogP contribution < -0.4 is 10.2 Å². The number of hydrogen-bond acceptors (Lipinski definition) is 3. The Labute approximate surface area is 133 Å². The fourth-order valence-corrected chi connectivity index (χ4v) is 2.42. The van der Waals surface area contributed by atoms with Crippen LogP contribution in [0.5, 0.6) is 0 Å². The van der Waals surface area contributed by atoms with Gasteiger partial charge in [0, 0.05) is 0 Å². The van der Waals surface area contributed by atoms with Gasteiger partial charge >= 0.3 is 6.09 Å². The largest absolute Gasteiger partial charge is 0.450 e. The Balaban J connectivity index is 1.82. The van der Waals surface area contributed by atoms with E-state index in [0.717, 1.165) is 17.0 Å². The van der Waals surface area contributed by atoms with Crippen molar-refractivity contribution in [2.24, 2.45) is 0 Å². The maximum absolute atomic E-state index is 13.5. The van der Waals surface area contributed by atoms with Crippen LogP contribution in [-0.4, -0.2) is 56.2 Å². The van der Waals surface area contributed by atoms with Crippen LogP contribution in [0.2, 0.25) is 0 Å². The molecule has 1 aliphatic heterocycles. The van der Waals surface area contributed by atoms with Crippen molar-refractivity contribution in [2.45, 2.75) is 6.92 Å². The lowest BCUT2D eigenvalue weighted by atomic mass is 10.2. The molecule has 1 heterocycles. The lowest BCUT2D eigenvalue weighted by Crippen LogP contribution is -3.15. The summed E-state index contributed by atoms with van der Waals surface area (Å²) in [5.41, 5.74) is -0.429. The van der Waals surface area contributed by atoms with E-state index in [1.54, 1.807) is 11.8 Å². The summed E-state index contributed by atoms with van der Waals surface area (Å²) in [6.07, 6.45) is -0.357. The molecule has 1 fully saturated rings. The molecule has 2 rings (SSSR count). The van der Waals surface area contributed by atoms with Gasteiger partial charge in [0.2, 0.25) is 0 Å². The van der Waals surface area contributed by atoms with Crippen molar-refractivity contribution in [3.05, 3.63) is 29.8 Å². The molecule has 0 radical (unpaired) electrons. The first-order chi connectivity index (χ1) is 11.0. The van der Waals surface area contributed by atoms with E-state index >= 15 is 0 Å². The van der Waals surface area contributed by atoms with Gasteiger partial charge < -0.3 is 15.0 Å². The Hall–Kier alpha value is -2.22. The number of carbonyl (C=O) groups is 2. The summed E-state index contributed by atoms with van der Waals surface area (Å²) < 4.78 is 31.9. The van der Waals surface area contributed by atoms with E-state index < -0.39 is 23.2 Å². The first-order valence-corrected chi connectivity index (χ1v) is 7.50. The molecule has 0 spiro atoms. The lowest BCUT2D eigenvalue weighted by Gasteiger charge is -2.31.